The van der Waals surface area contributed by atoms with E-state index in [4.69, 9.17) is 21.1 Å². The van der Waals surface area contributed by atoms with Gasteiger partial charge in [0.25, 0.3) is 0 Å². The van der Waals surface area contributed by atoms with Crippen LogP contribution in [0.15, 0.2) is 18.2 Å². The number of hydrogen-bond donors (Lipinski definition) is 1. The first-order valence-electron chi connectivity index (χ1n) is 6.90. The van der Waals surface area contributed by atoms with Gasteiger partial charge in [-0.1, -0.05) is 18.5 Å². The molecule has 1 heterocycles. The minimum atomic E-state index is 0.235. The second-order valence-corrected chi connectivity index (χ2v) is 5.34. The highest BCUT2D eigenvalue weighted by molar-refractivity contribution is 6.30. The zero-order chi connectivity index (χ0) is 13.7. The summed E-state index contributed by atoms with van der Waals surface area (Å²) in [4.78, 5) is 0. The zero-order valence-electron chi connectivity index (χ0n) is 11.6. The monoisotopic (exact) mass is 283 g/mol. The van der Waals surface area contributed by atoms with E-state index >= 15 is 0 Å². The molecule has 4 heteroatoms. The predicted molar refractivity (Wildman–Crippen MR) is 78.0 cm³/mol. The van der Waals surface area contributed by atoms with Crippen LogP contribution in [0, 0.1) is 5.92 Å². The van der Waals surface area contributed by atoms with Crippen molar-refractivity contribution in [3.63, 3.8) is 0 Å². The summed E-state index contributed by atoms with van der Waals surface area (Å²) in [6.07, 6.45) is 2.29. The maximum absolute atomic E-state index is 6.14. The number of nitrogens with one attached hydrogen (secondary N) is 1. The first kappa shape index (κ1) is 14.6. The fourth-order valence-electron chi connectivity index (χ4n) is 2.73. The van der Waals surface area contributed by atoms with Crippen molar-refractivity contribution in [3.05, 3.63) is 28.8 Å². The van der Waals surface area contributed by atoms with Gasteiger partial charge in [-0.05, 0) is 37.6 Å². The fourth-order valence-corrected chi connectivity index (χ4v) is 2.91. The van der Waals surface area contributed by atoms with Crippen molar-refractivity contribution in [2.45, 2.75) is 25.8 Å². The van der Waals surface area contributed by atoms with Gasteiger partial charge in [-0.25, -0.2) is 0 Å². The molecule has 2 rings (SSSR count). The average Bonchev–Trinajstić information content (AvgIpc) is 2.45. The van der Waals surface area contributed by atoms with E-state index in [1.165, 1.54) is 6.42 Å². The maximum Gasteiger partial charge on any atom is 0.123 e. The predicted octanol–water partition coefficient (Wildman–Crippen LogP) is 3.43. The van der Waals surface area contributed by atoms with Crippen LogP contribution in [-0.2, 0) is 4.74 Å². The van der Waals surface area contributed by atoms with Crippen LogP contribution in [0.1, 0.15) is 31.4 Å². The largest absolute Gasteiger partial charge is 0.496 e. The van der Waals surface area contributed by atoms with Gasteiger partial charge < -0.3 is 14.8 Å². The summed E-state index contributed by atoms with van der Waals surface area (Å²) in [5.74, 6) is 1.36. The second-order valence-electron chi connectivity index (χ2n) is 4.90. The normalized spacial score (nSPS) is 21.1. The van der Waals surface area contributed by atoms with E-state index in [1.807, 2.05) is 18.2 Å². The lowest BCUT2D eigenvalue weighted by atomic mass is 9.88. The Morgan fingerprint density at radius 2 is 2.37 bits per heavy atom. The van der Waals surface area contributed by atoms with Gasteiger partial charge >= 0.3 is 0 Å². The second kappa shape index (κ2) is 7.13. The van der Waals surface area contributed by atoms with Crippen molar-refractivity contribution in [3.8, 4) is 5.75 Å². The summed E-state index contributed by atoms with van der Waals surface area (Å²) < 4.78 is 11.1. The molecule has 0 radical (unpaired) electrons. The highest BCUT2D eigenvalue weighted by atomic mass is 35.5. The molecule has 0 spiro atoms. The molecule has 0 aliphatic carbocycles. The number of hydrogen-bond acceptors (Lipinski definition) is 3. The molecule has 1 fully saturated rings. The molecule has 1 aliphatic heterocycles. The number of rotatable bonds is 5. The Bertz CT molecular complexity index is 405. The van der Waals surface area contributed by atoms with Crippen LogP contribution in [0.2, 0.25) is 5.02 Å². The van der Waals surface area contributed by atoms with Crippen molar-refractivity contribution in [1.29, 1.82) is 0 Å². The number of methoxy groups -OCH3 is 1. The molecule has 1 saturated heterocycles. The highest BCUT2D eigenvalue weighted by Crippen LogP contribution is 2.35. The molecule has 3 nitrogen and oxygen atoms in total. The van der Waals surface area contributed by atoms with E-state index in [0.29, 0.717) is 5.92 Å². The minimum absolute atomic E-state index is 0.235. The van der Waals surface area contributed by atoms with E-state index < -0.39 is 0 Å². The van der Waals surface area contributed by atoms with Gasteiger partial charge in [0, 0.05) is 29.2 Å². The lowest BCUT2D eigenvalue weighted by Crippen LogP contribution is -2.33. The van der Waals surface area contributed by atoms with Crippen molar-refractivity contribution in [2.75, 3.05) is 26.9 Å². The Labute approximate surface area is 120 Å². The third-order valence-electron chi connectivity index (χ3n) is 3.62. The third kappa shape index (κ3) is 3.62. The van der Waals surface area contributed by atoms with E-state index in [1.54, 1.807) is 7.11 Å². The lowest BCUT2D eigenvalue weighted by molar-refractivity contribution is 0.0389. The Morgan fingerprint density at radius 1 is 1.53 bits per heavy atom. The first-order valence-corrected chi connectivity index (χ1v) is 7.28. The topological polar surface area (TPSA) is 30.5 Å². The summed E-state index contributed by atoms with van der Waals surface area (Å²) in [6.45, 7) is 4.71. The van der Waals surface area contributed by atoms with Crippen LogP contribution < -0.4 is 10.1 Å². The molecule has 2 atom stereocenters. The molecule has 0 saturated carbocycles. The molecule has 0 amide bonds. The molecule has 1 aromatic rings. The Hall–Kier alpha value is -0.770. The smallest absolute Gasteiger partial charge is 0.123 e. The summed E-state index contributed by atoms with van der Waals surface area (Å²) in [5, 5.41) is 4.30. The van der Waals surface area contributed by atoms with Crippen LogP contribution in [0.25, 0.3) is 0 Å². The average molecular weight is 284 g/mol. The van der Waals surface area contributed by atoms with E-state index in [0.717, 1.165) is 42.5 Å². The fraction of sp³-hybridized carbons (Fsp3) is 0.600. The molecule has 2 unspecified atom stereocenters. The van der Waals surface area contributed by atoms with Crippen molar-refractivity contribution < 1.29 is 9.47 Å². The SMILES string of the molecule is CCNC(c1cc(Cl)ccc1OC)C1CCCOC1. The van der Waals surface area contributed by atoms with E-state index in [-0.39, 0.29) is 6.04 Å². The van der Waals surface area contributed by atoms with Gasteiger partial charge in [0.15, 0.2) is 0 Å². The van der Waals surface area contributed by atoms with Crippen molar-refractivity contribution in [1.82, 2.24) is 5.32 Å². The van der Waals surface area contributed by atoms with Gasteiger partial charge in [0.05, 0.1) is 13.7 Å². The lowest BCUT2D eigenvalue weighted by Gasteiger charge is -2.32. The first-order chi connectivity index (χ1) is 9.26. The summed E-state index contributed by atoms with van der Waals surface area (Å²) in [5.41, 5.74) is 1.13. The maximum atomic E-state index is 6.14. The Balaban J connectivity index is 2.28. The molecule has 0 bridgehead atoms. The van der Waals surface area contributed by atoms with Crippen molar-refractivity contribution in [2.24, 2.45) is 5.92 Å². The van der Waals surface area contributed by atoms with Crippen molar-refractivity contribution >= 4 is 11.6 Å². The van der Waals surface area contributed by atoms with Gasteiger partial charge in [0.2, 0.25) is 0 Å². The number of benzene rings is 1. The van der Waals surface area contributed by atoms with E-state index in [9.17, 15) is 0 Å². The standard InChI is InChI=1S/C15H22ClNO2/c1-3-17-15(11-5-4-8-19-10-11)13-9-12(16)6-7-14(13)18-2/h6-7,9,11,15,17H,3-5,8,10H2,1-2H3. The number of halogens is 1. The van der Waals surface area contributed by atoms with Gasteiger partial charge in [-0.3, -0.25) is 0 Å². The molecule has 0 aromatic heterocycles. The van der Waals surface area contributed by atoms with Gasteiger partial charge in [0.1, 0.15) is 5.75 Å². The summed E-state index contributed by atoms with van der Waals surface area (Å²) >= 11 is 6.14. The quantitative estimate of drug-likeness (QED) is 0.898. The molecule has 106 valence electrons. The van der Waals surface area contributed by atoms with Crippen LogP contribution in [-0.4, -0.2) is 26.9 Å². The summed E-state index contributed by atoms with van der Waals surface area (Å²) in [6, 6.07) is 6.04. The molecule has 19 heavy (non-hydrogen) atoms. The highest BCUT2D eigenvalue weighted by Gasteiger charge is 2.27. The summed E-state index contributed by atoms with van der Waals surface area (Å²) in [7, 11) is 1.70. The Morgan fingerprint density at radius 3 is 3.00 bits per heavy atom. The minimum Gasteiger partial charge on any atom is -0.496 e. The molecule has 1 N–H and O–H groups in total. The van der Waals surface area contributed by atoms with Crippen LogP contribution in [0.4, 0.5) is 0 Å². The Kier molecular flexibility index (Phi) is 5.49. The van der Waals surface area contributed by atoms with Crippen LogP contribution in [0.5, 0.6) is 5.75 Å². The molecular weight excluding hydrogens is 262 g/mol. The van der Waals surface area contributed by atoms with E-state index in [2.05, 4.69) is 12.2 Å². The molecule has 1 aliphatic rings. The van der Waals surface area contributed by atoms with Gasteiger partial charge in [-0.15, -0.1) is 0 Å². The van der Waals surface area contributed by atoms with Crippen LogP contribution in [0.3, 0.4) is 0 Å². The zero-order valence-corrected chi connectivity index (χ0v) is 12.4. The van der Waals surface area contributed by atoms with Crippen LogP contribution >= 0.6 is 11.6 Å². The van der Waals surface area contributed by atoms with Gasteiger partial charge in [-0.2, -0.15) is 0 Å². The number of ether oxygens (including phenoxy) is 2. The molecular formula is C15H22ClNO2. The molecule has 1 aromatic carbocycles. The third-order valence-corrected chi connectivity index (χ3v) is 3.85.